The molecule has 0 radical (unpaired) electrons. The maximum atomic E-state index is 12.2. The van der Waals surface area contributed by atoms with Crippen LogP contribution in [0.3, 0.4) is 0 Å². The lowest BCUT2D eigenvalue weighted by Crippen LogP contribution is -2.62. The van der Waals surface area contributed by atoms with Gasteiger partial charge in [0.2, 0.25) is 0 Å². The number of nitrogens with zero attached hydrogens (tertiary/aromatic N) is 1. The SMILES string of the molecule is C[C@H]1[C@H](NC(=O)c2ccc(Br)s2)C2CCN1CC2. The van der Waals surface area contributed by atoms with E-state index < -0.39 is 0 Å². The van der Waals surface area contributed by atoms with Crippen LogP contribution in [0.25, 0.3) is 0 Å². The summed E-state index contributed by atoms with van der Waals surface area (Å²) in [5.41, 5.74) is 0. The van der Waals surface area contributed by atoms with Crippen LogP contribution in [-0.4, -0.2) is 36.0 Å². The summed E-state index contributed by atoms with van der Waals surface area (Å²) < 4.78 is 1.01. The van der Waals surface area contributed by atoms with Crippen LogP contribution in [0.2, 0.25) is 0 Å². The van der Waals surface area contributed by atoms with Gasteiger partial charge in [0.25, 0.3) is 5.91 Å². The normalized spacial score (nSPS) is 34.6. The minimum atomic E-state index is 0.0799. The fraction of sp³-hybridized carbons (Fsp3) is 0.615. The van der Waals surface area contributed by atoms with Gasteiger partial charge < -0.3 is 5.32 Å². The van der Waals surface area contributed by atoms with Crippen molar-refractivity contribution in [2.24, 2.45) is 5.92 Å². The predicted octanol–water partition coefficient (Wildman–Crippen LogP) is 2.72. The third-order valence-corrected chi connectivity index (χ3v) is 5.89. The average Bonchev–Trinajstić information content (AvgIpc) is 2.81. The van der Waals surface area contributed by atoms with E-state index in [2.05, 4.69) is 33.1 Å². The number of amides is 1. The van der Waals surface area contributed by atoms with Crippen LogP contribution >= 0.6 is 27.3 Å². The zero-order chi connectivity index (χ0) is 12.7. The first-order chi connectivity index (χ1) is 8.65. The molecule has 3 aliphatic heterocycles. The van der Waals surface area contributed by atoms with Crippen molar-refractivity contribution in [1.29, 1.82) is 0 Å². The summed E-state index contributed by atoms with van der Waals surface area (Å²) in [5, 5.41) is 3.24. The Bertz CT molecular complexity index is 452. The summed E-state index contributed by atoms with van der Waals surface area (Å²) in [4.78, 5) is 15.5. The number of piperidine rings is 3. The molecule has 1 N–H and O–H groups in total. The first-order valence-corrected chi connectivity index (χ1v) is 8.06. The summed E-state index contributed by atoms with van der Waals surface area (Å²) in [6.45, 7) is 4.63. The van der Waals surface area contributed by atoms with Gasteiger partial charge in [0.1, 0.15) is 0 Å². The Kier molecular flexibility index (Phi) is 3.47. The number of carbonyl (C=O) groups is 1. The fourth-order valence-electron chi connectivity index (χ4n) is 3.20. The molecule has 0 aliphatic carbocycles. The van der Waals surface area contributed by atoms with Crippen molar-refractivity contribution in [3.05, 3.63) is 20.8 Å². The Morgan fingerprint density at radius 3 is 2.72 bits per heavy atom. The maximum absolute atomic E-state index is 12.2. The second kappa shape index (κ2) is 4.94. The largest absolute Gasteiger partial charge is 0.347 e. The minimum absolute atomic E-state index is 0.0799. The molecule has 5 heteroatoms. The number of carbonyl (C=O) groups excluding carboxylic acids is 1. The second-order valence-corrected chi connectivity index (χ2v) is 7.68. The fourth-order valence-corrected chi connectivity index (χ4v) is 4.49. The molecular weight excluding hydrogens is 312 g/mol. The van der Waals surface area contributed by atoms with Gasteiger partial charge in [-0.05, 0) is 66.8 Å². The van der Waals surface area contributed by atoms with Gasteiger partial charge in [0, 0.05) is 12.1 Å². The summed E-state index contributed by atoms with van der Waals surface area (Å²) in [7, 11) is 0. The lowest BCUT2D eigenvalue weighted by atomic mass is 9.79. The maximum Gasteiger partial charge on any atom is 0.261 e. The summed E-state index contributed by atoms with van der Waals surface area (Å²) >= 11 is 4.90. The van der Waals surface area contributed by atoms with Gasteiger partial charge in [-0.2, -0.15) is 0 Å². The number of thiophene rings is 1. The zero-order valence-corrected chi connectivity index (χ0v) is 12.8. The molecule has 3 saturated heterocycles. The highest BCUT2D eigenvalue weighted by molar-refractivity contribution is 9.11. The van der Waals surface area contributed by atoms with E-state index in [0.717, 1.165) is 8.66 Å². The third kappa shape index (κ3) is 2.24. The summed E-state index contributed by atoms with van der Waals surface area (Å²) in [6, 6.07) is 4.61. The average molecular weight is 329 g/mol. The van der Waals surface area contributed by atoms with Crippen molar-refractivity contribution in [2.45, 2.75) is 31.8 Å². The monoisotopic (exact) mass is 328 g/mol. The van der Waals surface area contributed by atoms with E-state index >= 15 is 0 Å². The van der Waals surface area contributed by atoms with Crippen molar-refractivity contribution >= 4 is 33.2 Å². The molecule has 3 fully saturated rings. The summed E-state index contributed by atoms with van der Waals surface area (Å²) in [5.74, 6) is 0.744. The molecule has 0 spiro atoms. The first-order valence-electron chi connectivity index (χ1n) is 6.45. The second-order valence-electron chi connectivity index (χ2n) is 5.22. The van der Waals surface area contributed by atoms with Crippen LogP contribution < -0.4 is 5.32 Å². The molecule has 0 aromatic carbocycles. The molecule has 1 aromatic rings. The third-order valence-electron chi connectivity index (χ3n) is 4.27. The van der Waals surface area contributed by atoms with Gasteiger partial charge in [0.05, 0.1) is 8.66 Å². The van der Waals surface area contributed by atoms with E-state index in [0.29, 0.717) is 18.0 Å². The molecule has 2 atom stereocenters. The van der Waals surface area contributed by atoms with Gasteiger partial charge in [0.15, 0.2) is 0 Å². The molecule has 2 bridgehead atoms. The van der Waals surface area contributed by atoms with Crippen molar-refractivity contribution in [3.8, 4) is 0 Å². The quantitative estimate of drug-likeness (QED) is 0.905. The number of rotatable bonds is 2. The molecule has 4 rings (SSSR count). The summed E-state index contributed by atoms with van der Waals surface area (Å²) in [6.07, 6.45) is 2.45. The number of hydrogen-bond donors (Lipinski definition) is 1. The lowest BCUT2D eigenvalue weighted by molar-refractivity contribution is 0.0218. The highest BCUT2D eigenvalue weighted by Crippen LogP contribution is 2.32. The van der Waals surface area contributed by atoms with Crippen molar-refractivity contribution in [3.63, 3.8) is 0 Å². The molecule has 0 unspecified atom stereocenters. The molecule has 0 saturated carbocycles. The van der Waals surface area contributed by atoms with Crippen LogP contribution in [0, 0.1) is 5.92 Å². The molecule has 4 heterocycles. The Morgan fingerprint density at radius 2 is 2.17 bits per heavy atom. The smallest absolute Gasteiger partial charge is 0.261 e. The Morgan fingerprint density at radius 1 is 1.44 bits per heavy atom. The molecule has 1 amide bonds. The van der Waals surface area contributed by atoms with E-state index in [1.165, 1.54) is 37.3 Å². The van der Waals surface area contributed by atoms with Crippen LogP contribution in [0.4, 0.5) is 0 Å². The molecule has 18 heavy (non-hydrogen) atoms. The van der Waals surface area contributed by atoms with Crippen LogP contribution in [0.5, 0.6) is 0 Å². The van der Waals surface area contributed by atoms with E-state index in [-0.39, 0.29) is 5.91 Å². The molecule has 98 valence electrons. The predicted molar refractivity (Wildman–Crippen MR) is 77.0 cm³/mol. The topological polar surface area (TPSA) is 32.3 Å². The van der Waals surface area contributed by atoms with Gasteiger partial charge >= 0.3 is 0 Å². The van der Waals surface area contributed by atoms with Crippen LogP contribution in [0.1, 0.15) is 29.4 Å². The Labute approximate surface area is 120 Å². The number of fused-ring (bicyclic) bond motifs is 3. The van der Waals surface area contributed by atoms with Crippen molar-refractivity contribution in [2.75, 3.05) is 13.1 Å². The number of nitrogens with one attached hydrogen (secondary N) is 1. The molecular formula is C13H17BrN2OS. The Hall–Kier alpha value is -0.390. The number of halogens is 1. The highest BCUT2D eigenvalue weighted by atomic mass is 79.9. The van der Waals surface area contributed by atoms with E-state index in [1.807, 2.05) is 12.1 Å². The van der Waals surface area contributed by atoms with Gasteiger partial charge in [-0.1, -0.05) is 0 Å². The van der Waals surface area contributed by atoms with Crippen LogP contribution in [0.15, 0.2) is 15.9 Å². The van der Waals surface area contributed by atoms with Crippen molar-refractivity contribution in [1.82, 2.24) is 10.2 Å². The van der Waals surface area contributed by atoms with E-state index in [9.17, 15) is 4.79 Å². The standard InChI is InChI=1S/C13H17BrN2OS/c1-8-12(9-4-6-16(8)7-5-9)15-13(17)10-2-3-11(14)18-10/h2-3,8-9,12H,4-7H2,1H3,(H,15,17)/t8-,12-/m0/s1. The molecule has 3 nitrogen and oxygen atoms in total. The molecule has 1 aromatic heterocycles. The minimum Gasteiger partial charge on any atom is -0.347 e. The van der Waals surface area contributed by atoms with Crippen LogP contribution in [-0.2, 0) is 0 Å². The zero-order valence-electron chi connectivity index (χ0n) is 10.4. The lowest BCUT2D eigenvalue weighted by Gasteiger charge is -2.49. The first kappa shape index (κ1) is 12.6. The highest BCUT2D eigenvalue weighted by Gasteiger charge is 2.40. The molecule has 3 aliphatic rings. The van der Waals surface area contributed by atoms with E-state index in [1.54, 1.807) is 0 Å². The van der Waals surface area contributed by atoms with Gasteiger partial charge in [-0.25, -0.2) is 0 Å². The van der Waals surface area contributed by atoms with Crippen molar-refractivity contribution < 1.29 is 4.79 Å². The van der Waals surface area contributed by atoms with Gasteiger partial charge in [-0.3, -0.25) is 9.69 Å². The Balaban J connectivity index is 1.71. The van der Waals surface area contributed by atoms with E-state index in [4.69, 9.17) is 0 Å². The van der Waals surface area contributed by atoms with Gasteiger partial charge in [-0.15, -0.1) is 11.3 Å². The number of hydrogen-bond acceptors (Lipinski definition) is 3.